The molecule has 0 aliphatic heterocycles. The Kier molecular flexibility index (Phi) is 1.56. The van der Waals surface area contributed by atoms with Gasteiger partial charge in [-0.3, -0.25) is 0 Å². The van der Waals surface area contributed by atoms with Crippen LogP contribution < -0.4 is 0 Å². The molecule has 0 aliphatic carbocycles. The smallest absolute Gasteiger partial charge is 0.202 e. The Morgan fingerprint density at radius 1 is 1.55 bits per heavy atom. The summed E-state index contributed by atoms with van der Waals surface area (Å²) in [7, 11) is 0. The van der Waals surface area contributed by atoms with E-state index >= 15 is 0 Å². The van der Waals surface area contributed by atoms with E-state index in [0.717, 1.165) is 14.7 Å². The van der Waals surface area contributed by atoms with Gasteiger partial charge in [0.15, 0.2) is 0 Å². The van der Waals surface area contributed by atoms with Crippen LogP contribution in [0, 0.1) is 10.5 Å². The topological polar surface area (TPSA) is 38.9 Å². The average Bonchev–Trinajstić information content (AvgIpc) is 2.33. The molecule has 0 unspecified atom stereocenters. The molecule has 0 spiro atoms. The molecule has 0 aliphatic rings. The van der Waals surface area contributed by atoms with Gasteiger partial charge in [-0.1, -0.05) is 5.16 Å². The molecule has 0 saturated heterocycles. The lowest BCUT2D eigenvalue weighted by Gasteiger charge is -1.87. The van der Waals surface area contributed by atoms with Crippen LogP contribution in [0.4, 0.5) is 0 Å². The molecule has 0 radical (unpaired) electrons. The molecule has 4 heteroatoms. The van der Waals surface area contributed by atoms with Crippen molar-refractivity contribution in [1.29, 1.82) is 0 Å². The third kappa shape index (κ3) is 1.11. The third-order valence-corrected chi connectivity index (χ3v) is 2.07. The maximum absolute atomic E-state index is 4.95. The van der Waals surface area contributed by atoms with Gasteiger partial charge >= 0.3 is 0 Å². The summed E-state index contributed by atoms with van der Waals surface area (Å²) in [5.74, 6) is 0.825. The number of fused-ring (bicyclic) bond motifs is 1. The highest BCUT2D eigenvalue weighted by molar-refractivity contribution is 14.1. The van der Waals surface area contributed by atoms with Gasteiger partial charge in [-0.2, -0.15) is 0 Å². The minimum Gasteiger partial charge on any atom is -0.359 e. The van der Waals surface area contributed by atoms with Crippen molar-refractivity contribution in [1.82, 2.24) is 10.1 Å². The highest BCUT2D eigenvalue weighted by Crippen LogP contribution is 2.16. The molecule has 2 rings (SSSR count). The average molecular weight is 260 g/mol. The van der Waals surface area contributed by atoms with Crippen molar-refractivity contribution in [2.75, 3.05) is 0 Å². The van der Waals surface area contributed by atoms with E-state index in [1.165, 1.54) is 0 Å². The van der Waals surface area contributed by atoms with Crippen molar-refractivity contribution in [3.8, 4) is 0 Å². The summed E-state index contributed by atoms with van der Waals surface area (Å²) in [6.45, 7) is 1.88. The SMILES string of the molecule is Cc1onc2ncc(I)cc12. The van der Waals surface area contributed by atoms with Crippen molar-refractivity contribution < 1.29 is 4.52 Å². The van der Waals surface area contributed by atoms with E-state index in [0.29, 0.717) is 5.65 Å². The highest BCUT2D eigenvalue weighted by atomic mass is 127. The second-order valence-corrected chi connectivity index (χ2v) is 3.51. The third-order valence-electron chi connectivity index (χ3n) is 1.48. The molecular weight excluding hydrogens is 255 g/mol. The van der Waals surface area contributed by atoms with Gasteiger partial charge in [-0.05, 0) is 35.6 Å². The summed E-state index contributed by atoms with van der Waals surface area (Å²) in [4.78, 5) is 4.09. The van der Waals surface area contributed by atoms with E-state index in [4.69, 9.17) is 4.52 Å². The van der Waals surface area contributed by atoms with Crippen molar-refractivity contribution in [2.24, 2.45) is 0 Å². The fraction of sp³-hybridized carbons (Fsp3) is 0.143. The molecule has 2 aromatic rings. The van der Waals surface area contributed by atoms with E-state index in [1.807, 2.05) is 13.0 Å². The largest absolute Gasteiger partial charge is 0.359 e. The monoisotopic (exact) mass is 260 g/mol. The van der Waals surface area contributed by atoms with Crippen molar-refractivity contribution in [3.05, 3.63) is 21.6 Å². The van der Waals surface area contributed by atoms with E-state index < -0.39 is 0 Å². The van der Waals surface area contributed by atoms with Gasteiger partial charge in [-0.25, -0.2) is 4.98 Å². The van der Waals surface area contributed by atoms with Crippen LogP contribution in [0.3, 0.4) is 0 Å². The van der Waals surface area contributed by atoms with E-state index in [9.17, 15) is 0 Å². The highest BCUT2D eigenvalue weighted by Gasteiger charge is 2.03. The first kappa shape index (κ1) is 7.02. The molecule has 0 N–H and O–H groups in total. The van der Waals surface area contributed by atoms with Crippen LogP contribution in [0.2, 0.25) is 0 Å². The number of aryl methyl sites for hydroxylation is 1. The molecule has 0 saturated carbocycles. The van der Waals surface area contributed by atoms with Gasteiger partial charge < -0.3 is 4.52 Å². The molecule has 0 aromatic carbocycles. The first-order valence-electron chi connectivity index (χ1n) is 3.15. The fourth-order valence-electron chi connectivity index (χ4n) is 0.925. The van der Waals surface area contributed by atoms with Gasteiger partial charge in [0.25, 0.3) is 0 Å². The quantitative estimate of drug-likeness (QED) is 0.681. The number of hydrogen-bond acceptors (Lipinski definition) is 3. The van der Waals surface area contributed by atoms with Crippen LogP contribution in [0.15, 0.2) is 16.8 Å². The second kappa shape index (κ2) is 2.44. The second-order valence-electron chi connectivity index (χ2n) is 2.26. The molecule has 3 nitrogen and oxygen atoms in total. The Labute approximate surface area is 76.9 Å². The first-order chi connectivity index (χ1) is 5.27. The summed E-state index contributed by atoms with van der Waals surface area (Å²) < 4.78 is 6.05. The molecule has 2 heterocycles. The Hall–Kier alpha value is -0.650. The normalized spacial score (nSPS) is 10.7. The van der Waals surface area contributed by atoms with Gasteiger partial charge in [0.2, 0.25) is 5.65 Å². The number of pyridine rings is 1. The predicted molar refractivity (Wildman–Crippen MR) is 49.3 cm³/mol. The first-order valence-corrected chi connectivity index (χ1v) is 4.23. The van der Waals surface area contributed by atoms with Gasteiger partial charge in [0, 0.05) is 9.77 Å². The van der Waals surface area contributed by atoms with E-state index in [2.05, 4.69) is 32.7 Å². The maximum atomic E-state index is 4.95. The number of halogens is 1. The lowest BCUT2D eigenvalue weighted by atomic mass is 10.3. The number of hydrogen-bond donors (Lipinski definition) is 0. The fourth-order valence-corrected chi connectivity index (χ4v) is 1.38. The summed E-state index contributed by atoms with van der Waals surface area (Å²) in [5.41, 5.74) is 0.683. The Morgan fingerprint density at radius 3 is 3.18 bits per heavy atom. The molecule has 11 heavy (non-hydrogen) atoms. The molecular formula is C7H5IN2O. The van der Waals surface area contributed by atoms with Crippen molar-refractivity contribution in [3.63, 3.8) is 0 Å². The zero-order chi connectivity index (χ0) is 7.84. The summed E-state index contributed by atoms with van der Waals surface area (Å²) in [6, 6.07) is 2.01. The zero-order valence-corrected chi connectivity index (χ0v) is 7.99. The minimum absolute atomic E-state index is 0.683. The van der Waals surface area contributed by atoms with Gasteiger partial charge in [-0.15, -0.1) is 0 Å². The number of aromatic nitrogens is 2. The van der Waals surface area contributed by atoms with Crippen molar-refractivity contribution >= 4 is 33.6 Å². The van der Waals surface area contributed by atoms with Crippen LogP contribution in [0.1, 0.15) is 5.76 Å². The molecule has 2 aromatic heterocycles. The predicted octanol–water partition coefficient (Wildman–Crippen LogP) is 2.14. The standard InChI is InChI=1S/C7H5IN2O/c1-4-6-2-5(8)3-9-7(6)10-11-4/h2-3H,1H3. The van der Waals surface area contributed by atoms with Gasteiger partial charge in [0.05, 0.1) is 5.39 Å². The summed E-state index contributed by atoms with van der Waals surface area (Å²) in [6.07, 6.45) is 1.77. The van der Waals surface area contributed by atoms with Crippen molar-refractivity contribution in [2.45, 2.75) is 6.92 Å². The van der Waals surface area contributed by atoms with Crippen LogP contribution >= 0.6 is 22.6 Å². The Balaban J connectivity index is 2.87. The van der Waals surface area contributed by atoms with Crippen LogP contribution in [0.25, 0.3) is 11.0 Å². The van der Waals surface area contributed by atoms with E-state index in [-0.39, 0.29) is 0 Å². The zero-order valence-electron chi connectivity index (χ0n) is 5.84. The van der Waals surface area contributed by atoms with Crippen LogP contribution in [-0.4, -0.2) is 10.1 Å². The molecule has 0 amide bonds. The molecule has 56 valence electrons. The van der Waals surface area contributed by atoms with Crippen LogP contribution in [0.5, 0.6) is 0 Å². The molecule has 0 fully saturated rings. The maximum Gasteiger partial charge on any atom is 0.202 e. The minimum atomic E-state index is 0.683. The summed E-state index contributed by atoms with van der Waals surface area (Å²) >= 11 is 2.21. The van der Waals surface area contributed by atoms with Crippen LogP contribution in [-0.2, 0) is 0 Å². The van der Waals surface area contributed by atoms with Gasteiger partial charge in [0.1, 0.15) is 5.76 Å². The lowest BCUT2D eigenvalue weighted by Crippen LogP contribution is -1.77. The number of rotatable bonds is 0. The lowest BCUT2D eigenvalue weighted by molar-refractivity contribution is 0.404. The Bertz CT molecular complexity index is 396. The number of nitrogens with zero attached hydrogens (tertiary/aromatic N) is 2. The molecule has 0 bridgehead atoms. The Morgan fingerprint density at radius 2 is 2.36 bits per heavy atom. The summed E-state index contributed by atoms with van der Waals surface area (Å²) in [5, 5.41) is 4.77. The molecule has 0 atom stereocenters. The van der Waals surface area contributed by atoms with E-state index in [1.54, 1.807) is 6.20 Å².